The van der Waals surface area contributed by atoms with Crippen LogP contribution in [0.2, 0.25) is 0 Å². The van der Waals surface area contributed by atoms with Gasteiger partial charge >= 0.3 is 0 Å². The number of amides is 1. The van der Waals surface area contributed by atoms with Crippen LogP contribution in [0.15, 0.2) is 73.3 Å². The van der Waals surface area contributed by atoms with Crippen molar-refractivity contribution in [2.45, 2.75) is 0 Å². The minimum Gasteiger partial charge on any atom is -0.361 e. The van der Waals surface area contributed by atoms with Gasteiger partial charge in [-0.05, 0) is 48.5 Å². The van der Waals surface area contributed by atoms with E-state index in [1.165, 1.54) is 17.4 Å². The molecule has 32 heavy (non-hydrogen) atoms. The normalized spacial score (nSPS) is 11.1. The molecule has 0 saturated carbocycles. The maximum atomic E-state index is 12.2. The highest BCUT2D eigenvalue weighted by Crippen LogP contribution is 2.35. The van der Waals surface area contributed by atoms with Gasteiger partial charge in [0, 0.05) is 51.5 Å². The first kappa shape index (κ1) is 19.5. The summed E-state index contributed by atoms with van der Waals surface area (Å²) in [6.45, 7) is 0. The van der Waals surface area contributed by atoms with E-state index in [0.29, 0.717) is 16.9 Å². The number of nitrogens with one attached hydrogen (secondary N) is 3. The third-order valence-electron chi connectivity index (χ3n) is 4.85. The van der Waals surface area contributed by atoms with Crippen molar-refractivity contribution >= 4 is 61.5 Å². The molecule has 0 fully saturated rings. The fourth-order valence-corrected chi connectivity index (χ4v) is 4.28. The number of carbonyl (C=O) groups excluding carboxylic acids is 1. The van der Waals surface area contributed by atoms with E-state index in [1.807, 2.05) is 36.5 Å². The first-order valence-corrected chi connectivity index (χ1v) is 10.6. The Hall–Kier alpha value is -4.48. The van der Waals surface area contributed by atoms with E-state index in [0.717, 1.165) is 31.7 Å². The zero-order valence-electron chi connectivity index (χ0n) is 16.7. The highest BCUT2D eigenvalue weighted by atomic mass is 32.1. The minimum atomic E-state index is -0.251. The lowest BCUT2D eigenvalue weighted by Crippen LogP contribution is -2.07. The molecule has 0 aliphatic carbocycles. The molecule has 1 amide bonds. The predicted molar refractivity (Wildman–Crippen MR) is 128 cm³/mol. The number of aromatic nitrogens is 3. The summed E-state index contributed by atoms with van der Waals surface area (Å²) in [7, 11) is 0. The molecule has 0 atom stereocenters. The summed E-state index contributed by atoms with van der Waals surface area (Å²) >= 11 is 1.45. The van der Waals surface area contributed by atoms with Crippen molar-refractivity contribution in [3.63, 3.8) is 0 Å². The summed E-state index contributed by atoms with van der Waals surface area (Å²) in [5.41, 5.74) is 3.70. The van der Waals surface area contributed by atoms with Crippen LogP contribution < -0.4 is 10.6 Å². The molecule has 0 spiro atoms. The van der Waals surface area contributed by atoms with Gasteiger partial charge < -0.3 is 15.6 Å². The van der Waals surface area contributed by atoms with Crippen molar-refractivity contribution in [3.05, 3.63) is 83.8 Å². The van der Waals surface area contributed by atoms with Crippen LogP contribution in [0.3, 0.4) is 0 Å². The quantitative estimate of drug-likeness (QED) is 0.318. The number of aromatic amines is 1. The Balaban J connectivity index is 1.44. The number of hydrogen-bond donors (Lipinski definition) is 3. The largest absolute Gasteiger partial charge is 0.361 e. The Morgan fingerprint density at radius 3 is 2.94 bits per heavy atom. The smallest absolute Gasteiger partial charge is 0.248 e. The summed E-state index contributed by atoms with van der Waals surface area (Å²) < 4.78 is 0. The van der Waals surface area contributed by atoms with Gasteiger partial charge in [-0.15, -0.1) is 11.3 Å². The van der Waals surface area contributed by atoms with Gasteiger partial charge in [0.1, 0.15) is 10.9 Å². The molecule has 0 radical (unpaired) electrons. The molecule has 154 valence electrons. The number of fused-ring (bicyclic) bond motifs is 2. The molecular weight excluding hydrogens is 420 g/mol. The SMILES string of the molecule is N#Cc1cnc2sc(/C=C/C(=O)Nc3cccnc3)cc2c1Nc1ccc2[nH]ccc2c1. The number of benzene rings is 1. The van der Waals surface area contributed by atoms with Crippen LogP contribution >= 0.6 is 11.3 Å². The maximum Gasteiger partial charge on any atom is 0.248 e. The van der Waals surface area contributed by atoms with Crippen molar-refractivity contribution in [2.75, 3.05) is 10.6 Å². The van der Waals surface area contributed by atoms with Crippen molar-refractivity contribution in [1.29, 1.82) is 5.26 Å². The minimum absolute atomic E-state index is 0.251. The third-order valence-corrected chi connectivity index (χ3v) is 5.86. The number of pyridine rings is 2. The second kappa shape index (κ2) is 8.34. The van der Waals surface area contributed by atoms with Crippen LogP contribution in [0.1, 0.15) is 10.4 Å². The first-order valence-electron chi connectivity index (χ1n) is 9.75. The van der Waals surface area contributed by atoms with Crippen LogP contribution in [-0.4, -0.2) is 20.9 Å². The van der Waals surface area contributed by atoms with Crippen LogP contribution in [-0.2, 0) is 4.79 Å². The molecule has 0 aliphatic heterocycles. The lowest BCUT2D eigenvalue weighted by atomic mass is 10.1. The summed E-state index contributed by atoms with van der Waals surface area (Å²) in [4.78, 5) is 25.4. The molecule has 5 rings (SSSR count). The number of nitrogens with zero attached hydrogens (tertiary/aromatic N) is 3. The van der Waals surface area contributed by atoms with E-state index < -0.39 is 0 Å². The van der Waals surface area contributed by atoms with Gasteiger partial charge in [0.2, 0.25) is 5.91 Å². The highest BCUT2D eigenvalue weighted by Gasteiger charge is 2.13. The summed E-state index contributed by atoms with van der Waals surface area (Å²) in [6.07, 6.45) is 9.89. The molecule has 0 aliphatic rings. The maximum absolute atomic E-state index is 12.2. The van der Waals surface area contributed by atoms with Gasteiger partial charge in [0.25, 0.3) is 0 Å². The van der Waals surface area contributed by atoms with Crippen LogP contribution in [0.4, 0.5) is 17.1 Å². The van der Waals surface area contributed by atoms with E-state index in [-0.39, 0.29) is 5.91 Å². The number of nitriles is 1. The first-order chi connectivity index (χ1) is 15.7. The Labute approximate surface area is 187 Å². The van der Waals surface area contributed by atoms with Gasteiger partial charge in [0.15, 0.2) is 0 Å². The standard InChI is InChI=1S/C24H16N6OS/c25-12-16-13-28-24-20(23(16)30-17-3-5-21-15(10-17)7-9-27-21)11-19(32-24)4-6-22(31)29-18-2-1-8-26-14-18/h1-11,13-14,27H,(H,28,30)(H,29,31)/b6-4+. The number of anilines is 3. The van der Waals surface area contributed by atoms with Crippen molar-refractivity contribution in [2.24, 2.45) is 0 Å². The van der Waals surface area contributed by atoms with Gasteiger partial charge in [-0.1, -0.05) is 0 Å². The fourth-order valence-electron chi connectivity index (χ4n) is 3.36. The van der Waals surface area contributed by atoms with Crippen LogP contribution in [0.5, 0.6) is 0 Å². The summed E-state index contributed by atoms with van der Waals surface area (Å²) in [5.74, 6) is -0.251. The van der Waals surface area contributed by atoms with Crippen LogP contribution in [0.25, 0.3) is 27.2 Å². The molecule has 4 heterocycles. The molecule has 5 aromatic rings. The highest BCUT2D eigenvalue weighted by molar-refractivity contribution is 7.19. The zero-order chi connectivity index (χ0) is 21.9. The van der Waals surface area contributed by atoms with Crippen LogP contribution in [0, 0.1) is 11.3 Å². The fraction of sp³-hybridized carbons (Fsp3) is 0. The number of carbonyl (C=O) groups is 1. The lowest BCUT2D eigenvalue weighted by molar-refractivity contribution is -0.111. The second-order valence-electron chi connectivity index (χ2n) is 7.00. The molecule has 7 nitrogen and oxygen atoms in total. The lowest BCUT2D eigenvalue weighted by Gasteiger charge is -2.09. The molecule has 8 heteroatoms. The third kappa shape index (κ3) is 3.93. The van der Waals surface area contributed by atoms with Crippen molar-refractivity contribution in [3.8, 4) is 6.07 Å². The second-order valence-corrected chi connectivity index (χ2v) is 8.06. The monoisotopic (exact) mass is 436 g/mol. The van der Waals surface area contributed by atoms with Gasteiger partial charge in [0.05, 0.1) is 23.1 Å². The molecule has 0 bridgehead atoms. The van der Waals surface area contributed by atoms with E-state index in [9.17, 15) is 10.1 Å². The van der Waals surface area contributed by atoms with E-state index in [4.69, 9.17) is 0 Å². The summed E-state index contributed by atoms with van der Waals surface area (Å²) in [6, 6.07) is 15.6. The van der Waals surface area contributed by atoms with Gasteiger partial charge in [-0.3, -0.25) is 9.78 Å². The number of rotatable bonds is 5. The Kier molecular flexibility index (Phi) is 5.07. The van der Waals surface area contributed by atoms with Crippen molar-refractivity contribution in [1.82, 2.24) is 15.0 Å². The average Bonchev–Trinajstić information content (AvgIpc) is 3.45. The molecule has 1 aromatic carbocycles. The molecule has 4 aromatic heterocycles. The number of hydrogen-bond acceptors (Lipinski definition) is 6. The van der Waals surface area contributed by atoms with Gasteiger partial charge in [-0.25, -0.2) is 4.98 Å². The summed E-state index contributed by atoms with van der Waals surface area (Å²) in [5, 5.41) is 17.7. The van der Waals surface area contributed by atoms with Crippen molar-refractivity contribution < 1.29 is 4.79 Å². The Morgan fingerprint density at radius 1 is 1.16 bits per heavy atom. The Bertz CT molecular complexity index is 1510. The van der Waals surface area contributed by atoms with E-state index in [2.05, 4.69) is 31.7 Å². The molecule has 0 saturated heterocycles. The molecule has 3 N–H and O–H groups in total. The molecular formula is C24H16N6OS. The average molecular weight is 437 g/mol. The van der Waals surface area contributed by atoms with E-state index >= 15 is 0 Å². The topological polar surface area (TPSA) is 106 Å². The predicted octanol–water partition coefficient (Wildman–Crippen LogP) is 5.44. The number of thiophene rings is 1. The zero-order valence-corrected chi connectivity index (χ0v) is 17.5. The Morgan fingerprint density at radius 2 is 2.09 bits per heavy atom. The van der Waals surface area contributed by atoms with E-state index in [1.54, 1.807) is 36.8 Å². The van der Waals surface area contributed by atoms with Gasteiger partial charge in [-0.2, -0.15) is 5.26 Å². The molecule has 0 unspecified atom stereocenters. The number of H-pyrrole nitrogens is 1.